The molecule has 1 N–H and O–H groups in total. The molecule has 24 heavy (non-hydrogen) atoms. The van der Waals surface area contributed by atoms with Gasteiger partial charge < -0.3 is 9.64 Å². The average molecular weight is 331 g/mol. The number of halogens is 1. The van der Waals surface area contributed by atoms with Gasteiger partial charge in [0.15, 0.2) is 11.6 Å². The summed E-state index contributed by atoms with van der Waals surface area (Å²) in [6, 6.07) is 0. The van der Waals surface area contributed by atoms with E-state index in [2.05, 4.69) is 27.1 Å². The molecule has 1 aromatic rings. The summed E-state index contributed by atoms with van der Waals surface area (Å²) in [5, 5.41) is 4.03. The molecule has 1 aliphatic rings. The molecule has 0 radical (unpaired) electrons. The molecule has 0 aliphatic carbocycles. The minimum atomic E-state index is -0.458. The van der Waals surface area contributed by atoms with Crippen LogP contribution in [0.5, 0.6) is 0 Å². The molecule has 0 bridgehead atoms. The summed E-state index contributed by atoms with van der Waals surface area (Å²) in [5.41, 5.74) is 4.55. The third-order valence-electron chi connectivity index (χ3n) is 3.45. The van der Waals surface area contributed by atoms with Crippen LogP contribution in [0.2, 0.25) is 0 Å². The van der Waals surface area contributed by atoms with Gasteiger partial charge >= 0.3 is 0 Å². The van der Waals surface area contributed by atoms with Crippen LogP contribution in [0.15, 0.2) is 47.3 Å². The second-order valence-electron chi connectivity index (χ2n) is 5.28. The minimum absolute atomic E-state index is 0.232. The number of nitrogens with zero attached hydrogens (tertiary/aromatic N) is 4. The lowest BCUT2D eigenvalue weighted by molar-refractivity contribution is 0.122. The van der Waals surface area contributed by atoms with Gasteiger partial charge in [-0.25, -0.2) is 14.8 Å². The van der Waals surface area contributed by atoms with E-state index in [1.807, 2.05) is 37.0 Å². The van der Waals surface area contributed by atoms with Gasteiger partial charge in [0, 0.05) is 13.1 Å². The first-order valence-electron chi connectivity index (χ1n) is 7.74. The van der Waals surface area contributed by atoms with Crippen LogP contribution >= 0.6 is 0 Å². The van der Waals surface area contributed by atoms with Gasteiger partial charge in [0.2, 0.25) is 5.95 Å². The van der Waals surface area contributed by atoms with Crippen LogP contribution in [0, 0.1) is 5.82 Å². The summed E-state index contributed by atoms with van der Waals surface area (Å²) in [7, 11) is 0. The van der Waals surface area contributed by atoms with Crippen LogP contribution in [-0.2, 0) is 4.74 Å². The lowest BCUT2D eigenvalue weighted by Crippen LogP contribution is -2.37. The predicted molar refractivity (Wildman–Crippen MR) is 94.8 cm³/mol. The average Bonchev–Trinajstić information content (AvgIpc) is 2.61. The molecule has 0 saturated carbocycles. The molecule has 1 saturated heterocycles. The van der Waals surface area contributed by atoms with Crippen molar-refractivity contribution in [2.24, 2.45) is 5.10 Å². The Labute approximate surface area is 141 Å². The summed E-state index contributed by atoms with van der Waals surface area (Å²) >= 11 is 0. The zero-order chi connectivity index (χ0) is 17.4. The Morgan fingerprint density at radius 1 is 1.42 bits per heavy atom. The Bertz CT molecular complexity index is 663. The van der Waals surface area contributed by atoms with Crippen molar-refractivity contribution in [1.29, 1.82) is 0 Å². The number of morpholine rings is 1. The number of hydrazone groups is 1. The van der Waals surface area contributed by atoms with Crippen LogP contribution < -0.4 is 10.3 Å². The van der Waals surface area contributed by atoms with Gasteiger partial charge in [0.25, 0.3) is 0 Å². The van der Waals surface area contributed by atoms with Crippen molar-refractivity contribution in [1.82, 2.24) is 9.97 Å². The molecule has 0 unspecified atom stereocenters. The molecule has 0 aromatic carbocycles. The van der Waals surface area contributed by atoms with E-state index in [4.69, 9.17) is 4.74 Å². The highest BCUT2D eigenvalue weighted by Crippen LogP contribution is 2.18. The van der Waals surface area contributed by atoms with Crippen LogP contribution in [-0.4, -0.2) is 42.5 Å². The molecule has 128 valence electrons. The van der Waals surface area contributed by atoms with Crippen LogP contribution in [0.25, 0.3) is 0 Å². The fourth-order valence-corrected chi connectivity index (χ4v) is 1.96. The summed E-state index contributed by atoms with van der Waals surface area (Å²) < 4.78 is 19.2. The van der Waals surface area contributed by atoms with E-state index in [1.54, 1.807) is 6.21 Å². The number of hydrogen-bond donors (Lipinski definition) is 1. The highest BCUT2D eigenvalue weighted by Gasteiger charge is 2.17. The van der Waals surface area contributed by atoms with Crippen molar-refractivity contribution in [2.75, 3.05) is 36.6 Å². The Morgan fingerprint density at radius 2 is 2.17 bits per heavy atom. The Morgan fingerprint density at radius 3 is 2.88 bits per heavy atom. The third kappa shape index (κ3) is 5.27. The summed E-state index contributed by atoms with van der Waals surface area (Å²) in [4.78, 5) is 9.91. The number of allylic oxidation sites excluding steroid dienone is 5. The van der Waals surface area contributed by atoms with Crippen molar-refractivity contribution < 1.29 is 9.13 Å². The predicted octanol–water partition coefficient (Wildman–Crippen LogP) is 2.93. The Hall–Kier alpha value is -2.54. The normalized spacial score (nSPS) is 16.1. The Kier molecular flexibility index (Phi) is 6.62. The van der Waals surface area contributed by atoms with Gasteiger partial charge in [0.1, 0.15) is 0 Å². The minimum Gasteiger partial charge on any atom is -0.378 e. The van der Waals surface area contributed by atoms with Crippen molar-refractivity contribution in [3.8, 4) is 0 Å². The molecule has 2 rings (SSSR count). The van der Waals surface area contributed by atoms with E-state index < -0.39 is 5.82 Å². The molecule has 2 heterocycles. The van der Waals surface area contributed by atoms with E-state index in [0.29, 0.717) is 26.3 Å². The third-order valence-corrected chi connectivity index (χ3v) is 3.45. The molecule has 1 aliphatic heterocycles. The van der Waals surface area contributed by atoms with Gasteiger partial charge in [-0.1, -0.05) is 30.4 Å². The highest BCUT2D eigenvalue weighted by atomic mass is 19.1. The van der Waals surface area contributed by atoms with E-state index in [-0.39, 0.29) is 11.8 Å². The quantitative estimate of drug-likeness (QED) is 0.493. The molecule has 1 aromatic heterocycles. The number of anilines is 2. The van der Waals surface area contributed by atoms with Gasteiger partial charge in [-0.05, 0) is 19.4 Å². The fraction of sp³-hybridized carbons (Fsp3) is 0.353. The smallest absolute Gasteiger partial charge is 0.245 e. The topological polar surface area (TPSA) is 62.6 Å². The van der Waals surface area contributed by atoms with Gasteiger partial charge in [-0.15, -0.1) is 0 Å². The van der Waals surface area contributed by atoms with Gasteiger partial charge in [-0.3, -0.25) is 0 Å². The standard InChI is InChI=1S/C17H22FN5O/c1-4-13(2)5-6-14(3)11-20-22-17-19-12-15(18)16(21-17)23-7-9-24-10-8-23/h4-6,11-12H,3,7-10H2,1-2H3,(H,19,21,22)/b6-5-,13-4-,20-11+. The zero-order valence-corrected chi connectivity index (χ0v) is 14.0. The molecule has 7 heteroatoms. The van der Waals surface area contributed by atoms with Gasteiger partial charge in [0.05, 0.1) is 25.6 Å². The summed E-state index contributed by atoms with van der Waals surface area (Å²) in [5.74, 6) is 0.0320. The van der Waals surface area contributed by atoms with Gasteiger partial charge in [-0.2, -0.15) is 10.1 Å². The van der Waals surface area contributed by atoms with E-state index in [1.165, 1.54) is 0 Å². The van der Waals surface area contributed by atoms with Crippen molar-refractivity contribution in [3.63, 3.8) is 0 Å². The maximum Gasteiger partial charge on any atom is 0.245 e. The highest BCUT2D eigenvalue weighted by molar-refractivity contribution is 5.81. The largest absolute Gasteiger partial charge is 0.378 e. The monoisotopic (exact) mass is 331 g/mol. The molecule has 1 fully saturated rings. The maximum absolute atomic E-state index is 13.9. The maximum atomic E-state index is 13.9. The number of aromatic nitrogens is 2. The Balaban J connectivity index is 1.98. The van der Waals surface area contributed by atoms with Crippen LogP contribution in [0.1, 0.15) is 13.8 Å². The summed E-state index contributed by atoms with van der Waals surface area (Å²) in [6.07, 6.45) is 8.49. The lowest BCUT2D eigenvalue weighted by atomic mass is 10.2. The number of ether oxygens (including phenoxy) is 1. The molecular formula is C17H22FN5O. The second-order valence-corrected chi connectivity index (χ2v) is 5.28. The first-order valence-corrected chi connectivity index (χ1v) is 7.74. The summed E-state index contributed by atoms with van der Waals surface area (Å²) in [6.45, 7) is 10.2. The van der Waals surface area contributed by atoms with Crippen LogP contribution in [0.4, 0.5) is 16.2 Å². The van der Waals surface area contributed by atoms with E-state index in [0.717, 1.165) is 17.3 Å². The first-order chi connectivity index (χ1) is 11.6. The molecule has 6 nitrogen and oxygen atoms in total. The molecule has 0 amide bonds. The first kappa shape index (κ1) is 17.8. The second kappa shape index (κ2) is 8.93. The molecule has 0 spiro atoms. The van der Waals surface area contributed by atoms with Crippen molar-refractivity contribution in [2.45, 2.75) is 13.8 Å². The van der Waals surface area contributed by atoms with E-state index in [9.17, 15) is 4.39 Å². The lowest BCUT2D eigenvalue weighted by Gasteiger charge is -2.27. The zero-order valence-electron chi connectivity index (χ0n) is 14.0. The fourth-order valence-electron chi connectivity index (χ4n) is 1.96. The van der Waals surface area contributed by atoms with Crippen molar-refractivity contribution >= 4 is 18.0 Å². The SMILES string of the molecule is C=C(/C=C\C(C)=C/C)/C=N/Nc1ncc(F)c(N2CCOCC2)n1. The number of rotatable bonds is 6. The van der Waals surface area contributed by atoms with Crippen molar-refractivity contribution in [3.05, 3.63) is 48.0 Å². The number of hydrogen-bond acceptors (Lipinski definition) is 6. The molecule has 0 atom stereocenters. The van der Waals surface area contributed by atoms with Crippen LogP contribution in [0.3, 0.4) is 0 Å². The van der Waals surface area contributed by atoms with E-state index >= 15 is 0 Å². The molecular weight excluding hydrogens is 309 g/mol. The number of nitrogens with one attached hydrogen (secondary N) is 1.